The van der Waals surface area contributed by atoms with Crippen LogP contribution >= 0.6 is 34.5 Å². The summed E-state index contributed by atoms with van der Waals surface area (Å²) in [5.74, 6) is 0.810. The summed E-state index contributed by atoms with van der Waals surface area (Å²) in [6, 6.07) is 8.63. The number of nitrogens with zero attached hydrogens (tertiary/aromatic N) is 2. The Morgan fingerprint density at radius 3 is 2.96 bits per heavy atom. The van der Waals surface area contributed by atoms with Crippen molar-refractivity contribution in [2.45, 2.75) is 13.3 Å². The van der Waals surface area contributed by atoms with Crippen LogP contribution < -0.4 is 5.43 Å². The van der Waals surface area contributed by atoms with Gasteiger partial charge in [-0.25, -0.2) is 10.4 Å². The zero-order valence-electron chi connectivity index (χ0n) is 13.1. The lowest BCUT2D eigenvalue weighted by Gasteiger charge is -2.01. The molecule has 8 heteroatoms. The molecule has 0 aliphatic heterocycles. The summed E-state index contributed by atoms with van der Waals surface area (Å²) in [6.45, 7) is 1.89. The van der Waals surface area contributed by atoms with Gasteiger partial charge < -0.3 is 4.42 Å². The van der Waals surface area contributed by atoms with Gasteiger partial charge in [-0.3, -0.25) is 4.79 Å². The van der Waals surface area contributed by atoms with E-state index >= 15 is 0 Å². The molecule has 0 atom stereocenters. The number of hydrazone groups is 1. The Morgan fingerprint density at radius 2 is 2.20 bits per heavy atom. The highest BCUT2D eigenvalue weighted by Crippen LogP contribution is 2.31. The Balaban J connectivity index is 1.62. The lowest BCUT2D eigenvalue weighted by Crippen LogP contribution is -2.19. The third kappa shape index (κ3) is 4.69. The van der Waals surface area contributed by atoms with Crippen LogP contribution in [0.1, 0.15) is 16.5 Å². The number of carbonyl (C=O) groups is 1. The van der Waals surface area contributed by atoms with E-state index in [9.17, 15) is 4.79 Å². The van der Waals surface area contributed by atoms with Crippen LogP contribution in [0.5, 0.6) is 0 Å². The molecule has 2 heterocycles. The fraction of sp³-hybridized carbons (Fsp3) is 0.118. The molecule has 2 aromatic heterocycles. The van der Waals surface area contributed by atoms with Crippen LogP contribution in [0.25, 0.3) is 11.3 Å². The van der Waals surface area contributed by atoms with Crippen molar-refractivity contribution in [3.05, 3.63) is 62.2 Å². The van der Waals surface area contributed by atoms with E-state index in [1.54, 1.807) is 30.3 Å². The van der Waals surface area contributed by atoms with Gasteiger partial charge in [0.1, 0.15) is 16.5 Å². The lowest BCUT2D eigenvalue weighted by atomic mass is 10.2. The average Bonchev–Trinajstić information content (AvgIpc) is 3.19. The molecule has 0 spiro atoms. The fourth-order valence-corrected chi connectivity index (χ4v) is 3.24. The third-order valence-electron chi connectivity index (χ3n) is 3.18. The quantitative estimate of drug-likeness (QED) is 0.503. The van der Waals surface area contributed by atoms with Crippen molar-refractivity contribution in [1.29, 1.82) is 0 Å². The van der Waals surface area contributed by atoms with E-state index in [4.69, 9.17) is 27.6 Å². The summed E-state index contributed by atoms with van der Waals surface area (Å²) in [6.07, 6.45) is 1.62. The van der Waals surface area contributed by atoms with Crippen molar-refractivity contribution >= 4 is 46.7 Å². The summed E-state index contributed by atoms with van der Waals surface area (Å²) < 4.78 is 5.65. The molecule has 1 aromatic carbocycles. The number of nitrogens with one attached hydrogen (secondary N) is 1. The van der Waals surface area contributed by atoms with Crippen LogP contribution in [0.15, 0.2) is 45.2 Å². The molecule has 0 aliphatic carbocycles. The topological polar surface area (TPSA) is 67.5 Å². The van der Waals surface area contributed by atoms with Crippen molar-refractivity contribution < 1.29 is 9.21 Å². The smallest absolute Gasteiger partial charge is 0.246 e. The number of amides is 1. The highest BCUT2D eigenvalue weighted by molar-refractivity contribution is 7.09. The van der Waals surface area contributed by atoms with Crippen molar-refractivity contribution in [3.63, 3.8) is 0 Å². The fourth-order valence-electron chi connectivity index (χ4n) is 2.08. The molecule has 0 aliphatic rings. The molecule has 0 saturated carbocycles. The molecule has 1 N–H and O–H groups in total. The monoisotopic (exact) mass is 393 g/mol. The van der Waals surface area contributed by atoms with Crippen molar-refractivity contribution in [2.75, 3.05) is 0 Å². The first-order valence-corrected chi connectivity index (χ1v) is 8.93. The Bertz CT molecular complexity index is 934. The summed E-state index contributed by atoms with van der Waals surface area (Å²) >= 11 is 13.6. The Kier molecular flexibility index (Phi) is 5.53. The van der Waals surface area contributed by atoms with E-state index < -0.39 is 0 Å². The minimum Gasteiger partial charge on any atom is -0.455 e. The second-order valence-electron chi connectivity index (χ2n) is 5.18. The van der Waals surface area contributed by atoms with E-state index in [1.165, 1.54) is 17.6 Å². The minimum atomic E-state index is -0.240. The predicted molar refractivity (Wildman–Crippen MR) is 100 cm³/mol. The number of thiazole rings is 1. The first-order valence-electron chi connectivity index (χ1n) is 7.29. The van der Waals surface area contributed by atoms with Gasteiger partial charge in [0.25, 0.3) is 0 Å². The SMILES string of the molecule is Cc1csc(CC(=O)N/N=C\c2ccc(-c3cc(Cl)ccc3Cl)o2)n1. The van der Waals surface area contributed by atoms with Crippen LogP contribution in [-0.2, 0) is 11.2 Å². The van der Waals surface area contributed by atoms with Crippen LogP contribution in [-0.4, -0.2) is 17.1 Å². The van der Waals surface area contributed by atoms with Crippen molar-refractivity contribution in [1.82, 2.24) is 10.4 Å². The number of aromatic nitrogens is 1. The van der Waals surface area contributed by atoms with E-state index in [2.05, 4.69) is 15.5 Å². The molecule has 3 aromatic rings. The number of halogens is 2. The van der Waals surface area contributed by atoms with Crippen molar-refractivity contribution in [2.24, 2.45) is 5.10 Å². The summed E-state index contributed by atoms with van der Waals surface area (Å²) in [4.78, 5) is 16.0. The van der Waals surface area contributed by atoms with Gasteiger partial charge >= 0.3 is 0 Å². The largest absolute Gasteiger partial charge is 0.455 e. The van der Waals surface area contributed by atoms with Gasteiger partial charge in [0.05, 0.1) is 17.7 Å². The van der Waals surface area contributed by atoms with Gasteiger partial charge in [0.2, 0.25) is 5.91 Å². The number of rotatable bonds is 5. The molecule has 0 fully saturated rings. The number of benzene rings is 1. The highest BCUT2D eigenvalue weighted by atomic mass is 35.5. The first-order chi connectivity index (χ1) is 12.0. The molecule has 25 heavy (non-hydrogen) atoms. The second-order valence-corrected chi connectivity index (χ2v) is 6.97. The number of aryl methyl sites for hydroxylation is 1. The van der Waals surface area contributed by atoms with Gasteiger partial charge in [-0.15, -0.1) is 11.3 Å². The Morgan fingerprint density at radius 1 is 1.36 bits per heavy atom. The summed E-state index contributed by atoms with van der Waals surface area (Å²) in [7, 11) is 0. The Labute approximate surface area is 158 Å². The zero-order chi connectivity index (χ0) is 17.8. The number of hydrogen-bond donors (Lipinski definition) is 1. The predicted octanol–water partition coefficient (Wildman–Crippen LogP) is 4.71. The minimum absolute atomic E-state index is 0.192. The standard InChI is InChI=1S/C17H13Cl2N3O2S/c1-10-9-25-17(21-10)7-16(23)22-20-8-12-3-5-15(24-12)13-6-11(18)2-4-14(13)19/h2-6,8-9H,7H2,1H3,(H,22,23)/b20-8-. The normalized spacial score (nSPS) is 11.2. The van der Waals surface area contributed by atoms with E-state index in [1.807, 2.05) is 12.3 Å². The van der Waals surface area contributed by atoms with Gasteiger partial charge in [0, 0.05) is 21.7 Å². The Hall–Kier alpha value is -2.15. The molecule has 5 nitrogen and oxygen atoms in total. The molecule has 128 valence electrons. The second kappa shape index (κ2) is 7.82. The molecule has 3 rings (SSSR count). The third-order valence-corrected chi connectivity index (χ3v) is 4.71. The highest BCUT2D eigenvalue weighted by Gasteiger charge is 2.09. The molecule has 0 radical (unpaired) electrons. The lowest BCUT2D eigenvalue weighted by molar-refractivity contribution is -0.120. The average molecular weight is 394 g/mol. The van der Waals surface area contributed by atoms with Crippen molar-refractivity contribution in [3.8, 4) is 11.3 Å². The number of furan rings is 1. The molecule has 0 unspecified atom stereocenters. The maximum Gasteiger partial charge on any atom is 0.246 e. The molecular weight excluding hydrogens is 381 g/mol. The number of carbonyl (C=O) groups excluding carboxylic acids is 1. The van der Waals surface area contributed by atoms with E-state index in [0.29, 0.717) is 27.1 Å². The van der Waals surface area contributed by atoms with Crippen LogP contribution in [0.3, 0.4) is 0 Å². The first kappa shape index (κ1) is 17.7. The molecular formula is C17H13Cl2N3O2S. The molecule has 0 bridgehead atoms. The molecule has 0 saturated heterocycles. The zero-order valence-corrected chi connectivity index (χ0v) is 15.5. The van der Waals surface area contributed by atoms with Crippen LogP contribution in [0.4, 0.5) is 0 Å². The molecule has 1 amide bonds. The van der Waals surface area contributed by atoms with Gasteiger partial charge in [-0.2, -0.15) is 5.10 Å². The number of hydrogen-bond acceptors (Lipinski definition) is 5. The van der Waals surface area contributed by atoms with E-state index in [0.717, 1.165) is 10.7 Å². The van der Waals surface area contributed by atoms with Gasteiger partial charge in [-0.1, -0.05) is 23.2 Å². The van der Waals surface area contributed by atoms with Gasteiger partial charge in [-0.05, 0) is 37.3 Å². The maximum absolute atomic E-state index is 11.8. The van der Waals surface area contributed by atoms with Gasteiger partial charge in [0.15, 0.2) is 0 Å². The van der Waals surface area contributed by atoms with E-state index in [-0.39, 0.29) is 12.3 Å². The summed E-state index contributed by atoms with van der Waals surface area (Å²) in [5, 5.41) is 7.64. The van der Waals surface area contributed by atoms with Crippen LogP contribution in [0, 0.1) is 6.92 Å². The summed E-state index contributed by atoms with van der Waals surface area (Å²) in [5.41, 5.74) is 4.04. The van der Waals surface area contributed by atoms with Crippen LogP contribution in [0.2, 0.25) is 10.0 Å². The maximum atomic E-state index is 11.8.